The minimum atomic E-state index is -3.11. The maximum absolute atomic E-state index is 7.87. The Morgan fingerprint density at radius 3 is 1.74 bits per heavy atom. The Kier molecular flexibility index (Phi) is 18.4. The van der Waals surface area contributed by atoms with Crippen molar-refractivity contribution in [1.29, 1.82) is 0 Å². The van der Waals surface area contributed by atoms with Crippen LogP contribution in [0.4, 0.5) is 0 Å². The fraction of sp³-hybridized carbons (Fsp3) is 0.333. The first-order valence-electron chi connectivity index (χ1n) is 8.24. The smallest absolute Gasteiger partial charge is 0.239 e. The van der Waals surface area contributed by atoms with E-state index in [1.807, 2.05) is 0 Å². The van der Waals surface area contributed by atoms with Crippen molar-refractivity contribution in [3.63, 3.8) is 0 Å². The Bertz CT molecular complexity index is 692. The van der Waals surface area contributed by atoms with Crippen LogP contribution >= 0.6 is 17.9 Å². The van der Waals surface area contributed by atoms with Crippen LogP contribution in [0, 0.1) is 0 Å². The van der Waals surface area contributed by atoms with Crippen molar-refractivity contribution in [3.05, 3.63) is 59.2 Å². The van der Waals surface area contributed by atoms with Gasteiger partial charge < -0.3 is 28.2 Å². The van der Waals surface area contributed by atoms with Gasteiger partial charge in [-0.15, -0.1) is 0 Å². The molecule has 0 heterocycles. The summed E-state index contributed by atoms with van der Waals surface area (Å²) in [5.74, 6) is 0. The van der Waals surface area contributed by atoms with E-state index in [4.69, 9.17) is 9.79 Å². The average Bonchev–Trinajstić information content (AvgIpc) is 2.53. The quantitative estimate of drug-likeness (QED) is 0.215. The van der Waals surface area contributed by atoms with E-state index < -0.39 is 22.8 Å². The van der Waals surface area contributed by atoms with Crippen LogP contribution in [0.5, 0.6) is 0 Å². The molecule has 0 fully saturated rings. The van der Waals surface area contributed by atoms with Crippen molar-refractivity contribution in [3.8, 4) is 0 Å². The molecule has 2 rings (SSSR count). The van der Waals surface area contributed by atoms with Crippen molar-refractivity contribution in [1.82, 2.24) is 18.5 Å². The predicted molar refractivity (Wildman–Crippen MR) is 123 cm³/mol. The summed E-state index contributed by atoms with van der Waals surface area (Å²) >= 11 is 6.26. The SMILES string of the molecule is CCc1cc[c]([Zn][c]2ccccc2)c(CC)c1CC.N.N.N.OP(O)(=S)S. The number of thiol groups is 1. The number of rotatable bonds is 5. The van der Waals surface area contributed by atoms with E-state index in [1.54, 1.807) is 25.0 Å². The summed E-state index contributed by atoms with van der Waals surface area (Å²) in [5, 5.41) is 0. The summed E-state index contributed by atoms with van der Waals surface area (Å²) < 4.78 is 3.28. The Hall–Kier alpha value is -0.137. The standard InChI is InChI=1S/C12H17.C6H5.3H3N.H3O2PS2.Zn/c1-4-10-8-7-9-11(5-2)12(10)6-3;1-2-4-6-5-3-1;;;;1-3(2,4)5;/h7-8H,4-6H2,1-3H3;1-5H;3*1H3;(H3,1,2,4,5);. The summed E-state index contributed by atoms with van der Waals surface area (Å²) in [5.41, 5.74) is 1.73. The molecule has 0 unspecified atom stereocenters. The molecule has 5 nitrogen and oxygen atoms in total. The summed E-state index contributed by atoms with van der Waals surface area (Å²) in [6, 6.07) is 15.9. The van der Waals surface area contributed by atoms with Gasteiger partial charge in [0.15, 0.2) is 0 Å². The van der Waals surface area contributed by atoms with Gasteiger partial charge in [0.1, 0.15) is 0 Å². The van der Waals surface area contributed by atoms with Gasteiger partial charge in [-0.25, -0.2) is 0 Å². The molecular formula is C18H34N3O2PS2Zn. The first-order valence-corrected chi connectivity index (χ1v) is 15.1. The van der Waals surface area contributed by atoms with Crippen molar-refractivity contribution in [2.45, 2.75) is 40.0 Å². The Balaban J connectivity index is -0.000000644. The molecule has 0 amide bonds. The van der Waals surface area contributed by atoms with Crippen LogP contribution in [0.3, 0.4) is 0 Å². The second-order valence-electron chi connectivity index (χ2n) is 5.58. The predicted octanol–water partition coefficient (Wildman–Crippen LogP) is 4.02. The van der Waals surface area contributed by atoms with Crippen LogP contribution in [0.25, 0.3) is 0 Å². The van der Waals surface area contributed by atoms with Crippen molar-refractivity contribution >= 4 is 38.1 Å². The van der Waals surface area contributed by atoms with E-state index >= 15 is 0 Å². The average molecular weight is 485 g/mol. The van der Waals surface area contributed by atoms with Gasteiger partial charge in [-0.2, -0.15) is 0 Å². The van der Waals surface area contributed by atoms with Gasteiger partial charge in [-0.1, -0.05) is 12.2 Å². The molecule has 11 N–H and O–H groups in total. The maximum Gasteiger partial charge on any atom is 0.239 e. The van der Waals surface area contributed by atoms with Gasteiger partial charge in [0.05, 0.1) is 0 Å². The first-order chi connectivity index (χ1) is 11.3. The maximum atomic E-state index is 7.87. The molecule has 0 saturated heterocycles. The minimum Gasteiger partial charge on any atom is -0.344 e. The van der Waals surface area contributed by atoms with Gasteiger partial charge in [0.2, 0.25) is 5.69 Å². The topological polar surface area (TPSA) is 145 Å². The molecule has 27 heavy (non-hydrogen) atoms. The van der Waals surface area contributed by atoms with Gasteiger partial charge in [-0.3, -0.25) is 0 Å². The summed E-state index contributed by atoms with van der Waals surface area (Å²) in [6.07, 6.45) is 3.52. The second kappa shape index (κ2) is 15.7. The third-order valence-corrected chi connectivity index (χ3v) is 7.99. The molecule has 0 aliphatic heterocycles. The fourth-order valence-corrected chi connectivity index (χ4v) is 6.89. The van der Waals surface area contributed by atoms with Crippen LogP contribution in [0.15, 0.2) is 42.5 Å². The van der Waals surface area contributed by atoms with Gasteiger partial charge in [0.25, 0.3) is 0 Å². The number of benzene rings is 2. The zero-order valence-electron chi connectivity index (χ0n) is 16.7. The minimum absolute atomic E-state index is 0. The van der Waals surface area contributed by atoms with E-state index in [-0.39, 0.29) is 18.5 Å². The van der Waals surface area contributed by atoms with E-state index in [0.717, 1.165) is 6.42 Å². The number of aryl methyl sites for hydroxylation is 1. The summed E-state index contributed by atoms with van der Waals surface area (Å²) in [4.78, 5) is 15.7. The Morgan fingerprint density at radius 1 is 0.852 bits per heavy atom. The zero-order chi connectivity index (χ0) is 18.2. The van der Waals surface area contributed by atoms with E-state index in [1.165, 1.54) is 12.8 Å². The molecule has 0 aliphatic carbocycles. The van der Waals surface area contributed by atoms with Crippen LogP contribution in [0.1, 0.15) is 37.5 Å². The second-order valence-corrected chi connectivity index (χ2v) is 14.7. The molecule has 0 saturated carbocycles. The molecule has 0 aromatic heterocycles. The molecule has 0 atom stereocenters. The molecule has 2 aromatic rings. The normalized spacial score (nSPS) is 9.41. The molecule has 0 bridgehead atoms. The molecular weight excluding hydrogens is 451 g/mol. The van der Waals surface area contributed by atoms with Crippen LogP contribution < -0.4 is 26.8 Å². The molecule has 0 aliphatic rings. The largest absolute Gasteiger partial charge is 0.344 e. The number of hydrogen-bond donors (Lipinski definition) is 6. The summed E-state index contributed by atoms with van der Waals surface area (Å²) in [6.45, 7) is 6.88. The molecule has 152 valence electrons. The monoisotopic (exact) mass is 483 g/mol. The van der Waals surface area contributed by atoms with Crippen molar-refractivity contribution in [2.75, 3.05) is 0 Å². The van der Waals surface area contributed by atoms with Crippen LogP contribution in [0.2, 0.25) is 0 Å². The zero-order valence-corrected chi connectivity index (χ0v) is 22.3. The van der Waals surface area contributed by atoms with E-state index in [0.29, 0.717) is 0 Å². The van der Waals surface area contributed by atoms with Gasteiger partial charge >= 0.3 is 125 Å². The summed E-state index contributed by atoms with van der Waals surface area (Å²) in [7, 11) is 0. The molecule has 0 spiro atoms. The van der Waals surface area contributed by atoms with E-state index in [9.17, 15) is 0 Å². The van der Waals surface area contributed by atoms with Crippen molar-refractivity contribution in [2.24, 2.45) is 0 Å². The van der Waals surface area contributed by atoms with Crippen LogP contribution in [-0.2, 0) is 48.2 Å². The van der Waals surface area contributed by atoms with Gasteiger partial charge in [0, 0.05) is 0 Å². The third kappa shape index (κ3) is 12.1. The van der Waals surface area contributed by atoms with Crippen molar-refractivity contribution < 1.29 is 26.9 Å². The van der Waals surface area contributed by atoms with Crippen LogP contribution in [-0.4, -0.2) is 9.79 Å². The van der Waals surface area contributed by atoms with E-state index in [2.05, 4.69) is 87.3 Å². The Morgan fingerprint density at radius 2 is 1.33 bits per heavy atom. The number of hydrogen-bond acceptors (Lipinski definition) is 4. The third-order valence-electron chi connectivity index (χ3n) is 3.95. The Labute approximate surface area is 182 Å². The van der Waals surface area contributed by atoms with Gasteiger partial charge in [-0.05, 0) is 11.8 Å². The molecule has 2 aromatic carbocycles. The molecule has 0 radical (unpaired) electrons. The first kappa shape index (κ1) is 31.6. The molecule has 9 heteroatoms. The fourth-order valence-electron chi connectivity index (χ4n) is 2.98.